The van der Waals surface area contributed by atoms with Crippen LogP contribution in [0.15, 0.2) is 0 Å². The molecule has 0 radical (unpaired) electrons. The largest absolute Gasteiger partial charge is 0.368 e. The van der Waals surface area contributed by atoms with E-state index in [1.54, 1.807) is 19.0 Å². The average molecular weight is 387 g/mol. The smallest absolute Gasteiger partial charge is 0.319 e. The molecule has 2 bridgehead atoms. The molecule has 3 fully saturated rings. The Labute approximate surface area is 155 Å². The Hall–Kier alpha value is -1.35. The molecule has 3 rings (SSSR count). The second-order valence-electron chi connectivity index (χ2n) is 8.10. The number of hydrogen-bond acceptors (Lipinski definition) is 5. The number of carbonyl (C=O) groups is 2. The third-order valence-corrected chi connectivity index (χ3v) is 8.08. The summed E-state index contributed by atoms with van der Waals surface area (Å²) in [7, 11) is 0.272. The normalized spacial score (nSPS) is 33.2. The van der Waals surface area contributed by atoms with Gasteiger partial charge in [0.05, 0.1) is 11.5 Å². The van der Waals surface area contributed by atoms with Crippen molar-refractivity contribution >= 4 is 21.8 Å². The number of hydrogen-bond donors (Lipinski definition) is 1. The molecule has 0 saturated carbocycles. The molecule has 3 amide bonds. The molecule has 3 saturated heterocycles. The molecule has 1 unspecified atom stereocenters. The molecular weight excluding hydrogens is 356 g/mol. The van der Waals surface area contributed by atoms with Crippen molar-refractivity contribution in [3.05, 3.63) is 0 Å². The number of urea groups is 1. The fourth-order valence-electron chi connectivity index (χ4n) is 4.97. The van der Waals surface area contributed by atoms with E-state index in [0.29, 0.717) is 25.6 Å². The van der Waals surface area contributed by atoms with Crippen molar-refractivity contribution in [3.8, 4) is 0 Å². The van der Waals surface area contributed by atoms with Crippen LogP contribution in [0.5, 0.6) is 0 Å². The van der Waals surface area contributed by atoms with Crippen LogP contribution in [0.4, 0.5) is 4.79 Å². The maximum Gasteiger partial charge on any atom is 0.319 e. The van der Waals surface area contributed by atoms with Gasteiger partial charge >= 0.3 is 6.03 Å². The molecule has 8 nitrogen and oxygen atoms in total. The van der Waals surface area contributed by atoms with Gasteiger partial charge in [0.2, 0.25) is 5.91 Å². The van der Waals surface area contributed by atoms with Crippen LogP contribution in [0.3, 0.4) is 0 Å². The Bertz CT molecular complexity index is 676. The molecule has 148 valence electrons. The van der Waals surface area contributed by atoms with E-state index >= 15 is 0 Å². The van der Waals surface area contributed by atoms with Crippen LogP contribution in [0.2, 0.25) is 0 Å². The molecule has 0 spiro atoms. The van der Waals surface area contributed by atoms with Crippen molar-refractivity contribution in [2.45, 2.75) is 56.1 Å². The molecule has 0 aliphatic carbocycles. The Morgan fingerprint density at radius 3 is 2.50 bits per heavy atom. The molecule has 0 aromatic rings. The van der Waals surface area contributed by atoms with Crippen molar-refractivity contribution in [1.29, 1.82) is 0 Å². The Morgan fingerprint density at radius 2 is 1.92 bits per heavy atom. The van der Waals surface area contributed by atoms with Crippen LogP contribution in [-0.4, -0.2) is 91.4 Å². The summed E-state index contributed by atoms with van der Waals surface area (Å²) in [5, 5.41) is 0. The van der Waals surface area contributed by atoms with Crippen LogP contribution in [0.1, 0.15) is 38.5 Å². The van der Waals surface area contributed by atoms with E-state index in [0.717, 1.165) is 32.1 Å². The van der Waals surface area contributed by atoms with Gasteiger partial charge in [-0.3, -0.25) is 9.69 Å². The lowest BCUT2D eigenvalue weighted by Crippen LogP contribution is -2.60. The number of amides is 3. The number of carbonyl (C=O) groups excluding carboxylic acids is 2. The standard InChI is InChI=1S/C17H30N4O4S/c1-19(2)16(23)20(14-6-11-26(24,25)12-14)9-10-21-13-4-3-7-17(21,8-5-13)15(18)22/h13-14H,3-12H2,1-2H3,(H2,18,22)/t13?,14-,17+/m1/s1. The second-order valence-corrected chi connectivity index (χ2v) is 10.3. The minimum atomic E-state index is -3.08. The number of fused-ring (bicyclic) bond motifs is 2. The third kappa shape index (κ3) is 3.43. The summed E-state index contributed by atoms with van der Waals surface area (Å²) in [6.07, 6.45) is 5.05. The summed E-state index contributed by atoms with van der Waals surface area (Å²) in [4.78, 5) is 30.2. The highest BCUT2D eigenvalue weighted by atomic mass is 32.2. The van der Waals surface area contributed by atoms with Crippen LogP contribution in [0.25, 0.3) is 0 Å². The number of nitrogens with zero attached hydrogens (tertiary/aromatic N) is 3. The molecule has 2 N–H and O–H groups in total. The highest BCUT2D eigenvalue weighted by Gasteiger charge is 2.52. The molecule has 3 aliphatic rings. The Morgan fingerprint density at radius 1 is 1.19 bits per heavy atom. The first kappa shape index (κ1) is 19.4. The molecule has 9 heteroatoms. The predicted octanol–water partition coefficient (Wildman–Crippen LogP) is 0.0295. The molecule has 3 atom stereocenters. The van der Waals surface area contributed by atoms with Crippen molar-refractivity contribution in [3.63, 3.8) is 0 Å². The minimum Gasteiger partial charge on any atom is -0.368 e. The van der Waals surface area contributed by atoms with Gasteiger partial charge in [-0.15, -0.1) is 0 Å². The number of rotatable bonds is 5. The van der Waals surface area contributed by atoms with Crippen LogP contribution >= 0.6 is 0 Å². The number of sulfone groups is 1. The maximum atomic E-state index is 12.7. The van der Waals surface area contributed by atoms with E-state index in [9.17, 15) is 18.0 Å². The molecular formula is C17H30N4O4S. The fourth-order valence-corrected chi connectivity index (χ4v) is 6.70. The topological polar surface area (TPSA) is 104 Å². The number of piperidine rings is 1. The van der Waals surface area contributed by atoms with E-state index in [4.69, 9.17) is 5.73 Å². The third-order valence-electron chi connectivity index (χ3n) is 6.33. The molecule has 26 heavy (non-hydrogen) atoms. The fraction of sp³-hybridized carbons (Fsp3) is 0.882. The zero-order valence-electron chi connectivity index (χ0n) is 15.7. The summed E-state index contributed by atoms with van der Waals surface area (Å²) < 4.78 is 23.8. The van der Waals surface area contributed by atoms with Crippen LogP contribution in [0, 0.1) is 0 Å². The van der Waals surface area contributed by atoms with Crippen LogP contribution in [-0.2, 0) is 14.6 Å². The van der Waals surface area contributed by atoms with Gasteiger partial charge in [0.25, 0.3) is 0 Å². The first-order valence-corrected chi connectivity index (χ1v) is 11.2. The SMILES string of the molecule is CN(C)C(=O)N(CCN1C2CCC[C@@]1(C(N)=O)CC2)[C@@H]1CCS(=O)(=O)C1. The van der Waals surface area contributed by atoms with Gasteiger partial charge in [-0.1, -0.05) is 0 Å². The average Bonchev–Trinajstić information content (AvgIpc) is 3.01. The van der Waals surface area contributed by atoms with Crippen molar-refractivity contribution in [1.82, 2.24) is 14.7 Å². The van der Waals surface area contributed by atoms with Crippen LogP contribution < -0.4 is 5.73 Å². The zero-order chi connectivity index (χ0) is 19.1. The van der Waals surface area contributed by atoms with Gasteiger partial charge < -0.3 is 15.5 Å². The van der Waals surface area contributed by atoms with Gasteiger partial charge in [-0.25, -0.2) is 13.2 Å². The number of nitrogens with two attached hydrogens (primary N) is 1. The quantitative estimate of drug-likeness (QED) is 0.718. The van der Waals surface area contributed by atoms with Gasteiger partial charge in [0.1, 0.15) is 5.54 Å². The predicted molar refractivity (Wildman–Crippen MR) is 98.4 cm³/mol. The molecule has 0 aromatic heterocycles. The second kappa shape index (κ2) is 6.99. The monoisotopic (exact) mass is 386 g/mol. The molecule has 3 aliphatic heterocycles. The summed E-state index contributed by atoms with van der Waals surface area (Å²) in [5.41, 5.74) is 5.17. The lowest BCUT2D eigenvalue weighted by Gasteiger charge is -2.44. The van der Waals surface area contributed by atoms with Crippen molar-refractivity contribution in [2.75, 3.05) is 38.7 Å². The molecule has 0 aromatic carbocycles. The zero-order valence-corrected chi connectivity index (χ0v) is 16.5. The van der Waals surface area contributed by atoms with E-state index in [1.807, 2.05) is 0 Å². The molecule has 3 heterocycles. The van der Waals surface area contributed by atoms with E-state index in [1.165, 1.54) is 4.90 Å². The van der Waals surface area contributed by atoms with Gasteiger partial charge in [0, 0.05) is 39.3 Å². The first-order chi connectivity index (χ1) is 12.2. The van der Waals surface area contributed by atoms with E-state index in [-0.39, 0.29) is 29.5 Å². The summed E-state index contributed by atoms with van der Waals surface area (Å²) in [5.74, 6) is -0.114. The van der Waals surface area contributed by atoms with Gasteiger partial charge in [-0.05, 0) is 38.5 Å². The first-order valence-electron chi connectivity index (χ1n) is 9.41. The van der Waals surface area contributed by atoms with Crippen molar-refractivity contribution < 1.29 is 18.0 Å². The highest BCUT2D eigenvalue weighted by molar-refractivity contribution is 7.91. The van der Waals surface area contributed by atoms with E-state index in [2.05, 4.69) is 4.90 Å². The summed E-state index contributed by atoms with van der Waals surface area (Å²) in [6, 6.07) is -0.133. The number of primary amides is 1. The Balaban J connectivity index is 1.75. The summed E-state index contributed by atoms with van der Waals surface area (Å²) >= 11 is 0. The lowest BCUT2D eigenvalue weighted by atomic mass is 9.87. The maximum absolute atomic E-state index is 12.7. The minimum absolute atomic E-state index is 0.0248. The lowest BCUT2D eigenvalue weighted by molar-refractivity contribution is -0.131. The van der Waals surface area contributed by atoms with Crippen molar-refractivity contribution in [2.24, 2.45) is 5.73 Å². The van der Waals surface area contributed by atoms with Gasteiger partial charge in [-0.2, -0.15) is 0 Å². The van der Waals surface area contributed by atoms with E-state index < -0.39 is 15.4 Å². The Kier molecular flexibility index (Phi) is 5.22. The van der Waals surface area contributed by atoms with Gasteiger partial charge in [0.15, 0.2) is 9.84 Å². The highest BCUT2D eigenvalue weighted by Crippen LogP contribution is 2.43. The summed E-state index contributed by atoms with van der Waals surface area (Å²) in [6.45, 7) is 0.979.